The smallest absolute Gasteiger partial charge is 0.379 e. The van der Waals surface area contributed by atoms with Crippen molar-refractivity contribution >= 4 is 17.8 Å². The van der Waals surface area contributed by atoms with Crippen LogP contribution >= 0.6 is 0 Å². The van der Waals surface area contributed by atoms with Gasteiger partial charge in [-0.25, -0.2) is 9.18 Å². The van der Waals surface area contributed by atoms with Crippen molar-refractivity contribution in [1.29, 1.82) is 0 Å². The molecule has 0 amide bonds. The second kappa shape index (κ2) is 7.89. The van der Waals surface area contributed by atoms with E-state index in [2.05, 4.69) is 4.74 Å². The van der Waals surface area contributed by atoms with Crippen molar-refractivity contribution in [2.24, 2.45) is 0 Å². The molecule has 0 aliphatic heterocycles. The molecule has 0 aliphatic rings. The maximum atomic E-state index is 12.8. The Kier molecular flexibility index (Phi) is 5.63. The first-order chi connectivity index (χ1) is 11.1. The number of carbonyl (C=O) groups is 2. The van der Waals surface area contributed by atoms with Gasteiger partial charge in [-0.3, -0.25) is 4.79 Å². The SMILES string of the molecule is COC(=O)C(=O)c1ccc(OC/C=C/c2ccc(F)cc2)cc1. The van der Waals surface area contributed by atoms with Crippen molar-refractivity contribution in [1.82, 2.24) is 0 Å². The maximum Gasteiger partial charge on any atom is 0.379 e. The molecule has 4 nitrogen and oxygen atoms in total. The summed E-state index contributed by atoms with van der Waals surface area (Å²) < 4.78 is 22.6. The van der Waals surface area contributed by atoms with Gasteiger partial charge < -0.3 is 9.47 Å². The van der Waals surface area contributed by atoms with E-state index in [0.29, 0.717) is 12.4 Å². The van der Waals surface area contributed by atoms with Gasteiger partial charge in [0.25, 0.3) is 5.78 Å². The molecule has 0 saturated carbocycles. The molecule has 0 N–H and O–H groups in total. The zero-order chi connectivity index (χ0) is 16.7. The Bertz CT molecular complexity index is 703. The molecule has 2 aromatic rings. The van der Waals surface area contributed by atoms with Crippen LogP contribution in [-0.2, 0) is 9.53 Å². The van der Waals surface area contributed by atoms with Gasteiger partial charge in [0.05, 0.1) is 7.11 Å². The summed E-state index contributed by atoms with van der Waals surface area (Å²) in [5.74, 6) is -1.31. The number of halogens is 1. The molecule has 0 aromatic heterocycles. The molecule has 0 spiro atoms. The number of esters is 1. The monoisotopic (exact) mass is 314 g/mol. The number of rotatable bonds is 6. The Hall–Kier alpha value is -2.95. The average Bonchev–Trinajstić information content (AvgIpc) is 2.59. The molecule has 0 saturated heterocycles. The van der Waals surface area contributed by atoms with E-state index < -0.39 is 11.8 Å². The first-order valence-electron chi connectivity index (χ1n) is 6.88. The van der Waals surface area contributed by atoms with Crippen LogP contribution in [0.3, 0.4) is 0 Å². The number of carbonyl (C=O) groups excluding carboxylic acids is 2. The highest BCUT2D eigenvalue weighted by molar-refractivity contribution is 6.40. The molecule has 23 heavy (non-hydrogen) atoms. The van der Waals surface area contributed by atoms with E-state index in [1.807, 2.05) is 6.08 Å². The van der Waals surface area contributed by atoms with E-state index >= 15 is 0 Å². The van der Waals surface area contributed by atoms with Gasteiger partial charge in [0.2, 0.25) is 0 Å². The summed E-state index contributed by atoms with van der Waals surface area (Å²) in [6.07, 6.45) is 3.61. The van der Waals surface area contributed by atoms with Crippen LogP contribution in [0.25, 0.3) is 6.08 Å². The van der Waals surface area contributed by atoms with Crippen LogP contribution < -0.4 is 4.74 Å². The molecule has 118 valence electrons. The second-order valence-electron chi connectivity index (χ2n) is 4.61. The summed E-state index contributed by atoms with van der Waals surface area (Å²) in [6.45, 7) is 0.321. The van der Waals surface area contributed by atoms with Crippen molar-refractivity contribution in [2.45, 2.75) is 0 Å². The molecule has 2 rings (SSSR count). The van der Waals surface area contributed by atoms with Gasteiger partial charge >= 0.3 is 5.97 Å². The van der Waals surface area contributed by atoms with Gasteiger partial charge in [0, 0.05) is 5.56 Å². The van der Waals surface area contributed by atoms with Gasteiger partial charge in [0.15, 0.2) is 0 Å². The van der Waals surface area contributed by atoms with Crippen molar-refractivity contribution in [3.8, 4) is 5.75 Å². The van der Waals surface area contributed by atoms with Crippen molar-refractivity contribution < 1.29 is 23.5 Å². The molecule has 0 radical (unpaired) electrons. The summed E-state index contributed by atoms with van der Waals surface area (Å²) in [5, 5.41) is 0. The van der Waals surface area contributed by atoms with Crippen molar-refractivity contribution in [2.75, 3.05) is 13.7 Å². The van der Waals surface area contributed by atoms with Gasteiger partial charge in [0.1, 0.15) is 18.2 Å². The first-order valence-corrected chi connectivity index (χ1v) is 6.88. The fourth-order valence-electron chi connectivity index (χ4n) is 1.82. The van der Waals surface area contributed by atoms with E-state index in [9.17, 15) is 14.0 Å². The van der Waals surface area contributed by atoms with Crippen LogP contribution in [0.1, 0.15) is 15.9 Å². The van der Waals surface area contributed by atoms with Crippen LogP contribution in [0.2, 0.25) is 0 Å². The van der Waals surface area contributed by atoms with Gasteiger partial charge in [-0.1, -0.05) is 18.2 Å². The molecule has 0 unspecified atom stereocenters. The van der Waals surface area contributed by atoms with E-state index in [-0.39, 0.29) is 11.4 Å². The van der Waals surface area contributed by atoms with E-state index in [0.717, 1.165) is 12.7 Å². The number of ketones is 1. The summed E-state index contributed by atoms with van der Waals surface area (Å²) in [4.78, 5) is 22.7. The molecule has 2 aromatic carbocycles. The fraction of sp³-hybridized carbons (Fsp3) is 0.111. The van der Waals surface area contributed by atoms with Gasteiger partial charge in [-0.15, -0.1) is 0 Å². The quantitative estimate of drug-likeness (QED) is 0.466. The molecule has 0 aliphatic carbocycles. The van der Waals surface area contributed by atoms with E-state index in [4.69, 9.17) is 4.74 Å². The number of benzene rings is 2. The van der Waals surface area contributed by atoms with Crippen LogP contribution in [0.5, 0.6) is 5.75 Å². The van der Waals surface area contributed by atoms with Crippen LogP contribution in [0.4, 0.5) is 4.39 Å². The van der Waals surface area contributed by atoms with E-state index in [1.54, 1.807) is 30.3 Å². The Morgan fingerprint density at radius 1 is 1.04 bits per heavy atom. The minimum Gasteiger partial charge on any atom is -0.490 e. The van der Waals surface area contributed by atoms with Gasteiger partial charge in [-0.2, -0.15) is 0 Å². The normalized spacial score (nSPS) is 10.5. The largest absolute Gasteiger partial charge is 0.490 e. The van der Waals surface area contributed by atoms with Crippen LogP contribution in [-0.4, -0.2) is 25.5 Å². The van der Waals surface area contributed by atoms with Crippen molar-refractivity contribution in [3.63, 3.8) is 0 Å². The summed E-state index contributed by atoms with van der Waals surface area (Å²) in [7, 11) is 1.16. The maximum absolute atomic E-state index is 12.8. The zero-order valence-corrected chi connectivity index (χ0v) is 12.5. The molecule has 0 fully saturated rings. The first kappa shape index (κ1) is 16.4. The topological polar surface area (TPSA) is 52.6 Å². The van der Waals surface area contributed by atoms with Crippen LogP contribution in [0, 0.1) is 5.82 Å². The number of ether oxygens (including phenoxy) is 2. The predicted octanol–water partition coefficient (Wildman–Crippen LogP) is 3.27. The zero-order valence-electron chi connectivity index (χ0n) is 12.5. The Morgan fingerprint density at radius 3 is 2.30 bits per heavy atom. The Morgan fingerprint density at radius 2 is 1.70 bits per heavy atom. The predicted molar refractivity (Wildman–Crippen MR) is 83.7 cm³/mol. The Balaban J connectivity index is 1.88. The minimum absolute atomic E-state index is 0.242. The third-order valence-electron chi connectivity index (χ3n) is 3.01. The molecular weight excluding hydrogens is 299 g/mol. The minimum atomic E-state index is -0.902. The number of Topliss-reactive ketones (excluding diaryl/α,β-unsaturated/α-hetero) is 1. The van der Waals surface area contributed by atoms with Crippen LogP contribution in [0.15, 0.2) is 54.6 Å². The summed E-state index contributed by atoms with van der Waals surface area (Å²) in [5.41, 5.74) is 1.11. The highest BCUT2D eigenvalue weighted by Gasteiger charge is 2.16. The number of methoxy groups -OCH3 is 1. The third kappa shape index (κ3) is 4.78. The molecule has 0 atom stereocenters. The molecule has 0 heterocycles. The van der Waals surface area contributed by atoms with Gasteiger partial charge in [-0.05, 0) is 48.0 Å². The molecule has 0 bridgehead atoms. The molecule has 5 heteroatoms. The lowest BCUT2D eigenvalue weighted by molar-refractivity contribution is -0.135. The van der Waals surface area contributed by atoms with Crippen molar-refractivity contribution in [3.05, 3.63) is 71.6 Å². The highest BCUT2D eigenvalue weighted by Crippen LogP contribution is 2.13. The Labute approximate surface area is 133 Å². The number of hydrogen-bond acceptors (Lipinski definition) is 4. The third-order valence-corrected chi connectivity index (χ3v) is 3.01. The standard InChI is InChI=1S/C18H15FO4/c1-22-18(21)17(20)14-6-10-16(11-7-14)23-12-2-3-13-4-8-15(19)9-5-13/h2-11H,12H2,1H3/b3-2+. The lowest BCUT2D eigenvalue weighted by Crippen LogP contribution is -2.15. The molecular formula is C18H15FO4. The van der Waals surface area contributed by atoms with E-state index in [1.165, 1.54) is 24.3 Å². The fourth-order valence-corrected chi connectivity index (χ4v) is 1.82. The highest BCUT2D eigenvalue weighted by atomic mass is 19.1. The summed E-state index contributed by atoms with van der Waals surface area (Å²) >= 11 is 0. The summed E-state index contributed by atoms with van der Waals surface area (Å²) in [6, 6.07) is 12.3. The lowest BCUT2D eigenvalue weighted by atomic mass is 10.1. The number of hydrogen-bond donors (Lipinski definition) is 0. The lowest BCUT2D eigenvalue weighted by Gasteiger charge is -2.04. The second-order valence-corrected chi connectivity index (χ2v) is 4.61. The average molecular weight is 314 g/mol.